The average molecular weight is 379 g/mol. The summed E-state index contributed by atoms with van der Waals surface area (Å²) in [6, 6.07) is 0. The van der Waals surface area contributed by atoms with E-state index >= 15 is 0 Å². The van der Waals surface area contributed by atoms with Crippen LogP contribution in [-0.4, -0.2) is 43.7 Å². The fourth-order valence-corrected chi connectivity index (χ4v) is 7.73. The van der Waals surface area contributed by atoms with Gasteiger partial charge >= 0.3 is 5.97 Å². The molecule has 4 rings (SSSR count). The van der Waals surface area contributed by atoms with Gasteiger partial charge in [-0.1, -0.05) is 13.8 Å². The summed E-state index contributed by atoms with van der Waals surface area (Å²) in [6.45, 7) is 4.32. The molecule has 0 aromatic carbocycles. The summed E-state index contributed by atoms with van der Waals surface area (Å²) < 4.78 is 0. The number of carbonyl (C=O) groups is 1. The first-order chi connectivity index (χ1) is 12.6. The Morgan fingerprint density at radius 2 is 1.70 bits per heavy atom. The lowest BCUT2D eigenvalue weighted by Crippen LogP contribution is -2.65. The van der Waals surface area contributed by atoms with E-state index in [1.807, 2.05) is 6.92 Å². The quantitative estimate of drug-likeness (QED) is 0.554. The fraction of sp³-hybridized carbons (Fsp3) is 0.864. The molecule has 0 saturated heterocycles. The molecule has 5 nitrogen and oxygen atoms in total. The third-order valence-electron chi connectivity index (χ3n) is 9.53. The number of carboxylic acid groups (broad SMARTS) is 1. The Morgan fingerprint density at radius 3 is 2.41 bits per heavy atom. The Bertz CT molecular complexity index is 661. The average Bonchev–Trinajstić information content (AvgIpc) is 2.82. The molecule has 0 spiro atoms. The van der Waals surface area contributed by atoms with Crippen LogP contribution in [0.25, 0.3) is 0 Å². The van der Waals surface area contributed by atoms with Crippen molar-refractivity contribution in [1.82, 2.24) is 0 Å². The summed E-state index contributed by atoms with van der Waals surface area (Å²) in [5, 5.41) is 42.4. The van der Waals surface area contributed by atoms with Gasteiger partial charge in [0.1, 0.15) is 0 Å². The van der Waals surface area contributed by atoms with E-state index in [2.05, 4.69) is 6.92 Å². The zero-order valence-corrected chi connectivity index (χ0v) is 16.5. The molecule has 0 radical (unpaired) electrons. The molecule has 4 saturated carbocycles. The van der Waals surface area contributed by atoms with Crippen LogP contribution in [0, 0.1) is 28.6 Å². The minimum Gasteiger partial charge on any atom is -0.478 e. The van der Waals surface area contributed by atoms with E-state index < -0.39 is 22.6 Å². The Kier molecular flexibility index (Phi) is 4.34. The van der Waals surface area contributed by atoms with E-state index in [1.54, 1.807) is 0 Å². The van der Waals surface area contributed by atoms with Crippen LogP contribution < -0.4 is 0 Å². The predicted octanol–water partition coefficient (Wildman–Crippen LogP) is 2.88. The molecule has 152 valence electrons. The molecule has 0 heterocycles. The van der Waals surface area contributed by atoms with Crippen molar-refractivity contribution >= 4 is 5.97 Å². The molecule has 8 atom stereocenters. The van der Waals surface area contributed by atoms with E-state index in [9.17, 15) is 20.1 Å². The Labute approximate surface area is 161 Å². The van der Waals surface area contributed by atoms with Gasteiger partial charge in [0.25, 0.3) is 0 Å². The van der Waals surface area contributed by atoms with Crippen molar-refractivity contribution in [2.75, 3.05) is 0 Å². The van der Waals surface area contributed by atoms with E-state index in [4.69, 9.17) is 5.11 Å². The number of hydrogen-bond donors (Lipinski definition) is 4. The first-order valence-corrected chi connectivity index (χ1v) is 10.6. The second-order valence-corrected chi connectivity index (χ2v) is 10.3. The molecule has 4 aliphatic carbocycles. The lowest BCUT2D eigenvalue weighted by atomic mass is 9.43. The molecular weight excluding hydrogens is 344 g/mol. The van der Waals surface area contributed by atoms with Crippen molar-refractivity contribution in [2.45, 2.75) is 88.9 Å². The van der Waals surface area contributed by atoms with Gasteiger partial charge in [0, 0.05) is 11.5 Å². The summed E-state index contributed by atoms with van der Waals surface area (Å²) in [5.74, 6) is 0.000191. The summed E-state index contributed by atoms with van der Waals surface area (Å²) in [7, 11) is 0. The van der Waals surface area contributed by atoms with Crippen molar-refractivity contribution < 1.29 is 25.2 Å². The highest BCUT2D eigenvalue weighted by molar-refractivity contribution is 5.80. The number of aliphatic hydroxyl groups excluding tert-OH is 1. The van der Waals surface area contributed by atoms with Crippen LogP contribution in [0.1, 0.15) is 71.6 Å². The van der Waals surface area contributed by atoms with Crippen LogP contribution in [0.4, 0.5) is 0 Å². The van der Waals surface area contributed by atoms with Crippen LogP contribution >= 0.6 is 0 Å². The second-order valence-electron chi connectivity index (χ2n) is 10.3. The summed E-state index contributed by atoms with van der Waals surface area (Å²) in [4.78, 5) is 11.0. The highest BCUT2D eigenvalue weighted by Crippen LogP contribution is 2.70. The number of fused-ring (bicyclic) bond motifs is 5. The third-order valence-corrected chi connectivity index (χ3v) is 9.53. The maximum atomic E-state index is 11.9. The molecule has 2 unspecified atom stereocenters. The zero-order chi connectivity index (χ0) is 19.7. The van der Waals surface area contributed by atoms with Crippen LogP contribution in [0.3, 0.4) is 0 Å². The van der Waals surface area contributed by atoms with Gasteiger partial charge in [-0.05, 0) is 87.0 Å². The maximum Gasteiger partial charge on any atom is 0.328 e. The second kappa shape index (κ2) is 6.04. The minimum absolute atomic E-state index is 0.139. The first kappa shape index (κ1) is 19.4. The van der Waals surface area contributed by atoms with E-state index in [0.717, 1.165) is 44.6 Å². The largest absolute Gasteiger partial charge is 0.478 e. The zero-order valence-electron chi connectivity index (χ0n) is 16.5. The molecule has 4 fully saturated rings. The van der Waals surface area contributed by atoms with Crippen LogP contribution in [0.2, 0.25) is 0 Å². The van der Waals surface area contributed by atoms with Gasteiger partial charge in [-0.25, -0.2) is 4.79 Å². The highest BCUT2D eigenvalue weighted by Gasteiger charge is 2.71. The summed E-state index contributed by atoms with van der Waals surface area (Å²) in [5.41, 5.74) is -2.80. The summed E-state index contributed by atoms with van der Waals surface area (Å²) in [6.07, 6.45) is 9.54. The number of rotatable bonds is 2. The standard InChI is InChI=1S/C22H34O5/c1-19-8-5-15(23)13-14(19)3-4-17-16(19)6-9-20(2)21(26,10-7-18(24)25)11-12-22(17,20)27/h7,10,14-17,23,26-27H,3-6,8-9,11-13H2,1-2H3,(H,24,25)/b10-7+/t14?,15?,16-,17+,19-,20+,21+,22+/m0/s1. The molecule has 0 aromatic rings. The van der Waals surface area contributed by atoms with Crippen molar-refractivity contribution in [1.29, 1.82) is 0 Å². The van der Waals surface area contributed by atoms with Gasteiger partial charge < -0.3 is 20.4 Å². The Hall–Kier alpha value is -0.910. The lowest BCUT2D eigenvalue weighted by molar-refractivity contribution is -0.227. The number of hydrogen-bond acceptors (Lipinski definition) is 4. The highest BCUT2D eigenvalue weighted by atomic mass is 16.4. The smallest absolute Gasteiger partial charge is 0.328 e. The van der Waals surface area contributed by atoms with E-state index in [-0.39, 0.29) is 17.4 Å². The van der Waals surface area contributed by atoms with Gasteiger partial charge in [-0.2, -0.15) is 0 Å². The van der Waals surface area contributed by atoms with Gasteiger partial charge in [0.2, 0.25) is 0 Å². The number of carboxylic acids is 1. The molecule has 0 aliphatic heterocycles. The number of aliphatic hydroxyl groups is 3. The normalized spacial score (nSPS) is 55.0. The summed E-state index contributed by atoms with van der Waals surface area (Å²) >= 11 is 0. The van der Waals surface area contributed by atoms with Crippen molar-refractivity contribution in [3.05, 3.63) is 12.2 Å². The van der Waals surface area contributed by atoms with Gasteiger partial charge in [0.15, 0.2) is 0 Å². The van der Waals surface area contributed by atoms with Gasteiger partial charge in [-0.15, -0.1) is 0 Å². The van der Waals surface area contributed by atoms with E-state index in [1.165, 1.54) is 6.08 Å². The van der Waals surface area contributed by atoms with Crippen LogP contribution in [0.15, 0.2) is 12.2 Å². The van der Waals surface area contributed by atoms with Gasteiger partial charge in [-0.3, -0.25) is 0 Å². The lowest BCUT2D eigenvalue weighted by Gasteiger charge is -2.64. The van der Waals surface area contributed by atoms with Crippen LogP contribution in [0.5, 0.6) is 0 Å². The molecule has 0 amide bonds. The molecular formula is C22H34O5. The van der Waals surface area contributed by atoms with E-state index in [0.29, 0.717) is 31.1 Å². The first-order valence-electron chi connectivity index (χ1n) is 10.6. The Balaban J connectivity index is 1.67. The van der Waals surface area contributed by atoms with Crippen molar-refractivity contribution in [3.63, 3.8) is 0 Å². The predicted molar refractivity (Wildman–Crippen MR) is 101 cm³/mol. The molecule has 0 aromatic heterocycles. The minimum atomic E-state index is -1.27. The molecule has 4 N–H and O–H groups in total. The third kappa shape index (κ3) is 2.50. The molecule has 4 aliphatic rings. The maximum absolute atomic E-state index is 11.9. The number of aliphatic carboxylic acids is 1. The van der Waals surface area contributed by atoms with Crippen molar-refractivity contribution in [2.24, 2.45) is 28.6 Å². The van der Waals surface area contributed by atoms with Gasteiger partial charge in [0.05, 0.1) is 17.3 Å². The Morgan fingerprint density at radius 1 is 0.963 bits per heavy atom. The molecule has 5 heteroatoms. The SMILES string of the molecule is C[C@]12CC[C@H]3[C@@H](CCC4CC(O)CC[C@@]43C)[C@]1(O)CC[C@]2(O)/C=C/C(=O)O. The van der Waals surface area contributed by atoms with Crippen LogP contribution in [-0.2, 0) is 4.79 Å². The molecule has 27 heavy (non-hydrogen) atoms. The topological polar surface area (TPSA) is 98.0 Å². The fourth-order valence-electron chi connectivity index (χ4n) is 7.73. The van der Waals surface area contributed by atoms with Crippen molar-refractivity contribution in [3.8, 4) is 0 Å². The molecule has 0 bridgehead atoms. The monoisotopic (exact) mass is 378 g/mol.